The van der Waals surface area contributed by atoms with Crippen LogP contribution < -0.4 is 0 Å². The molecule has 5 aromatic rings. The fourth-order valence-corrected chi connectivity index (χ4v) is 5.16. The van der Waals surface area contributed by atoms with E-state index in [2.05, 4.69) is 103 Å². The predicted molar refractivity (Wildman–Crippen MR) is 137 cm³/mol. The standard InChI is InChI=1S/C31H27NO/c1-2-3-12-23-19-28-25(20-27(33-28)21-13-6-4-7-14-21)29(22-15-8-5-9-16-22)30-24-17-10-11-18-26(24)32-31(23)30/h4-11,13-20,29,32H,2-3,12H2,1H3. The van der Waals surface area contributed by atoms with Gasteiger partial charge in [-0.3, -0.25) is 0 Å². The van der Waals surface area contributed by atoms with Gasteiger partial charge in [-0.2, -0.15) is 0 Å². The summed E-state index contributed by atoms with van der Waals surface area (Å²) in [5.41, 5.74) is 8.77. The molecule has 2 heterocycles. The Morgan fingerprint density at radius 2 is 1.58 bits per heavy atom. The SMILES string of the molecule is CCCCC1=Cc2oc(-c3ccccc3)cc2C(c2ccccc2)c2c1[nH]c1ccccc21. The van der Waals surface area contributed by atoms with E-state index in [1.807, 2.05) is 6.07 Å². The first kappa shape index (κ1) is 19.9. The van der Waals surface area contributed by atoms with E-state index in [-0.39, 0.29) is 5.92 Å². The molecule has 0 amide bonds. The zero-order valence-corrected chi connectivity index (χ0v) is 18.8. The van der Waals surface area contributed by atoms with Crippen molar-refractivity contribution in [1.82, 2.24) is 4.98 Å². The molecule has 0 spiro atoms. The van der Waals surface area contributed by atoms with Crippen LogP contribution in [0.3, 0.4) is 0 Å². The second-order valence-electron chi connectivity index (χ2n) is 8.87. The molecule has 0 radical (unpaired) electrons. The summed E-state index contributed by atoms with van der Waals surface area (Å²) in [6, 6.07) is 32.2. The summed E-state index contributed by atoms with van der Waals surface area (Å²) in [7, 11) is 0. The molecule has 1 atom stereocenters. The first-order valence-corrected chi connectivity index (χ1v) is 11.9. The lowest BCUT2D eigenvalue weighted by Crippen LogP contribution is -2.04. The van der Waals surface area contributed by atoms with E-state index in [0.717, 1.165) is 36.3 Å². The fraction of sp³-hybridized carbons (Fsp3) is 0.161. The highest BCUT2D eigenvalue weighted by Gasteiger charge is 2.32. The van der Waals surface area contributed by atoms with Gasteiger partial charge in [0.2, 0.25) is 0 Å². The van der Waals surface area contributed by atoms with E-state index < -0.39 is 0 Å². The third kappa shape index (κ3) is 3.43. The first-order valence-electron chi connectivity index (χ1n) is 11.9. The predicted octanol–water partition coefficient (Wildman–Crippen LogP) is 8.65. The maximum atomic E-state index is 6.56. The van der Waals surface area contributed by atoms with Crippen LogP contribution in [0.2, 0.25) is 0 Å². The van der Waals surface area contributed by atoms with E-state index in [9.17, 15) is 0 Å². The number of benzene rings is 3. The van der Waals surface area contributed by atoms with Gasteiger partial charge in [0.1, 0.15) is 11.5 Å². The Balaban J connectivity index is 1.65. The minimum absolute atomic E-state index is 0.101. The summed E-state index contributed by atoms with van der Waals surface area (Å²) < 4.78 is 6.56. The van der Waals surface area contributed by atoms with E-state index >= 15 is 0 Å². The van der Waals surface area contributed by atoms with Gasteiger partial charge < -0.3 is 9.40 Å². The molecule has 0 aliphatic heterocycles. The fourth-order valence-electron chi connectivity index (χ4n) is 5.16. The molecule has 3 aromatic carbocycles. The van der Waals surface area contributed by atoms with Gasteiger partial charge >= 0.3 is 0 Å². The van der Waals surface area contributed by atoms with E-state index in [0.29, 0.717) is 0 Å². The van der Waals surface area contributed by atoms with Crippen molar-refractivity contribution in [2.75, 3.05) is 0 Å². The van der Waals surface area contributed by atoms with Crippen LogP contribution in [0.1, 0.15) is 60.2 Å². The third-order valence-electron chi connectivity index (χ3n) is 6.75. The Kier molecular flexibility index (Phi) is 4.99. The van der Waals surface area contributed by atoms with Crippen molar-refractivity contribution in [3.63, 3.8) is 0 Å². The summed E-state index contributed by atoms with van der Waals surface area (Å²) in [6.07, 6.45) is 5.63. The van der Waals surface area contributed by atoms with E-state index in [1.165, 1.54) is 38.9 Å². The summed E-state index contributed by atoms with van der Waals surface area (Å²) in [4.78, 5) is 3.78. The van der Waals surface area contributed by atoms with Crippen molar-refractivity contribution >= 4 is 22.6 Å². The number of furan rings is 1. The van der Waals surface area contributed by atoms with Crippen LogP contribution in [0.4, 0.5) is 0 Å². The molecule has 33 heavy (non-hydrogen) atoms. The van der Waals surface area contributed by atoms with Crippen LogP contribution >= 0.6 is 0 Å². The molecular formula is C31H27NO. The van der Waals surface area contributed by atoms with E-state index in [1.54, 1.807) is 0 Å². The Bertz CT molecular complexity index is 1440. The normalized spacial score (nSPS) is 15.1. The number of aromatic amines is 1. The lowest BCUT2D eigenvalue weighted by molar-refractivity contribution is 0.567. The van der Waals surface area contributed by atoms with Crippen LogP contribution in [0, 0.1) is 0 Å². The highest BCUT2D eigenvalue weighted by Crippen LogP contribution is 2.47. The lowest BCUT2D eigenvalue weighted by Gasteiger charge is -2.18. The van der Waals surface area contributed by atoms with Gasteiger partial charge in [-0.1, -0.05) is 92.2 Å². The summed E-state index contributed by atoms with van der Waals surface area (Å²) in [5, 5.41) is 1.29. The molecule has 162 valence electrons. The number of allylic oxidation sites excluding steroid dienone is 1. The largest absolute Gasteiger partial charge is 0.456 e. The number of fused-ring (bicyclic) bond motifs is 4. The zero-order valence-electron chi connectivity index (χ0n) is 18.8. The van der Waals surface area contributed by atoms with Crippen molar-refractivity contribution in [1.29, 1.82) is 0 Å². The van der Waals surface area contributed by atoms with Gasteiger partial charge in [-0.15, -0.1) is 0 Å². The summed E-state index contributed by atoms with van der Waals surface area (Å²) >= 11 is 0. The van der Waals surface area contributed by atoms with Gasteiger partial charge in [0.15, 0.2) is 0 Å². The number of para-hydroxylation sites is 1. The number of hydrogen-bond acceptors (Lipinski definition) is 1. The average molecular weight is 430 g/mol. The topological polar surface area (TPSA) is 28.9 Å². The first-order chi connectivity index (χ1) is 16.3. The quantitative estimate of drug-likeness (QED) is 0.297. The average Bonchev–Trinajstić information content (AvgIpc) is 3.43. The summed E-state index contributed by atoms with van der Waals surface area (Å²) in [6.45, 7) is 2.25. The van der Waals surface area contributed by atoms with Crippen molar-refractivity contribution in [3.05, 3.63) is 119 Å². The number of unbranched alkanes of at least 4 members (excludes halogenated alkanes) is 1. The number of H-pyrrole nitrogens is 1. The number of rotatable bonds is 5. The van der Waals surface area contributed by atoms with Crippen molar-refractivity contribution in [2.24, 2.45) is 0 Å². The van der Waals surface area contributed by atoms with Crippen LogP contribution in [0.25, 0.3) is 33.9 Å². The molecule has 2 nitrogen and oxygen atoms in total. The Hall–Kier alpha value is -3.78. The minimum atomic E-state index is 0.101. The molecule has 0 fully saturated rings. The molecule has 1 aliphatic rings. The second kappa shape index (κ2) is 8.29. The van der Waals surface area contributed by atoms with E-state index in [4.69, 9.17) is 4.42 Å². The van der Waals surface area contributed by atoms with Crippen molar-refractivity contribution < 1.29 is 4.42 Å². The molecular weight excluding hydrogens is 402 g/mol. The molecule has 0 saturated heterocycles. The molecule has 0 bridgehead atoms. The molecule has 2 aromatic heterocycles. The molecule has 6 rings (SSSR count). The van der Waals surface area contributed by atoms with Crippen LogP contribution in [-0.2, 0) is 0 Å². The smallest absolute Gasteiger partial charge is 0.135 e. The van der Waals surface area contributed by atoms with Gasteiger partial charge in [0.05, 0.1) is 0 Å². The molecule has 1 N–H and O–H groups in total. The van der Waals surface area contributed by atoms with Crippen LogP contribution in [0.5, 0.6) is 0 Å². The molecule has 0 saturated carbocycles. The maximum Gasteiger partial charge on any atom is 0.135 e. The Morgan fingerprint density at radius 1 is 0.848 bits per heavy atom. The molecule has 1 unspecified atom stereocenters. The zero-order chi connectivity index (χ0) is 22.2. The Morgan fingerprint density at radius 3 is 2.36 bits per heavy atom. The number of aromatic nitrogens is 1. The minimum Gasteiger partial charge on any atom is -0.456 e. The second-order valence-corrected chi connectivity index (χ2v) is 8.87. The molecule has 1 aliphatic carbocycles. The Labute approximate surface area is 194 Å². The van der Waals surface area contributed by atoms with Crippen LogP contribution in [-0.4, -0.2) is 4.98 Å². The summed E-state index contributed by atoms with van der Waals surface area (Å²) in [5.74, 6) is 2.00. The monoisotopic (exact) mass is 429 g/mol. The number of hydrogen-bond donors (Lipinski definition) is 1. The third-order valence-corrected chi connectivity index (χ3v) is 6.75. The van der Waals surface area contributed by atoms with Gasteiger partial charge in [-0.25, -0.2) is 0 Å². The van der Waals surface area contributed by atoms with Gasteiger partial charge in [0.25, 0.3) is 0 Å². The lowest BCUT2D eigenvalue weighted by atomic mass is 9.83. The van der Waals surface area contributed by atoms with Gasteiger partial charge in [-0.05, 0) is 47.8 Å². The maximum absolute atomic E-state index is 6.56. The van der Waals surface area contributed by atoms with Crippen molar-refractivity contribution in [2.45, 2.75) is 32.1 Å². The highest BCUT2D eigenvalue weighted by molar-refractivity contribution is 5.96. The van der Waals surface area contributed by atoms with Gasteiger partial charge in [0, 0.05) is 33.6 Å². The van der Waals surface area contributed by atoms with Crippen molar-refractivity contribution in [3.8, 4) is 11.3 Å². The van der Waals surface area contributed by atoms with Crippen LogP contribution in [0.15, 0.2) is 95.4 Å². The highest BCUT2D eigenvalue weighted by atomic mass is 16.3. The molecule has 2 heteroatoms. The number of nitrogens with one attached hydrogen (secondary N) is 1.